The topological polar surface area (TPSA) is 136 Å². The zero-order valence-electron chi connectivity index (χ0n) is 27.1. The number of furan rings is 1. The van der Waals surface area contributed by atoms with Crippen LogP contribution in [0.1, 0.15) is 38.1 Å². The number of aromatic amines is 1. The molecule has 6 rings (SSSR count). The number of nitrogens with zero attached hydrogens (tertiary/aromatic N) is 3. The second kappa shape index (κ2) is 13.0. The summed E-state index contributed by atoms with van der Waals surface area (Å²) in [4.78, 5) is 47.7. The molecule has 0 spiro atoms. The number of anilines is 1. The van der Waals surface area contributed by atoms with Crippen LogP contribution in [0.4, 0.5) is 23.7 Å². The Morgan fingerprint density at radius 3 is 2.27 bits per heavy atom. The number of methoxy groups -OCH3 is 4. The molecule has 1 atom stereocenters. The zero-order chi connectivity index (χ0) is 35.4. The second-order valence-corrected chi connectivity index (χ2v) is 12.2. The van der Waals surface area contributed by atoms with Crippen LogP contribution >= 0.6 is 15.9 Å². The van der Waals surface area contributed by atoms with E-state index in [-0.39, 0.29) is 62.6 Å². The molecule has 1 saturated heterocycles. The van der Waals surface area contributed by atoms with Crippen LogP contribution in [0.25, 0.3) is 21.9 Å². The highest BCUT2D eigenvalue weighted by atomic mass is 79.9. The number of H-pyrrole nitrogens is 1. The predicted octanol–water partition coefficient (Wildman–Crippen LogP) is 5.63. The molecule has 13 nitrogen and oxygen atoms in total. The Kier molecular flexibility index (Phi) is 9.08. The number of rotatable bonds is 7. The highest BCUT2D eigenvalue weighted by Gasteiger charge is 2.44. The Morgan fingerprint density at radius 2 is 1.67 bits per heavy atom. The number of nitrogens with one attached hydrogen (secondary N) is 1. The summed E-state index contributed by atoms with van der Waals surface area (Å²) in [6.07, 6.45) is -5.81. The summed E-state index contributed by atoms with van der Waals surface area (Å²) in [5.74, 6) is -2.17. The smallest absolute Gasteiger partial charge is 0.432 e. The zero-order valence-corrected chi connectivity index (χ0v) is 28.7. The van der Waals surface area contributed by atoms with Crippen molar-refractivity contribution in [2.75, 3.05) is 78.4 Å². The molecule has 0 unspecified atom stereocenters. The fraction of sp³-hybridized carbons (Fsp3) is 0.406. The molecular formula is C32H32BrF3N4O9. The highest BCUT2D eigenvalue weighted by Crippen LogP contribution is 2.50. The largest absolute Gasteiger partial charge is 0.493 e. The van der Waals surface area contributed by atoms with E-state index in [2.05, 4.69) is 20.9 Å². The van der Waals surface area contributed by atoms with E-state index < -0.39 is 41.3 Å². The number of piperazine rings is 1. The van der Waals surface area contributed by atoms with Gasteiger partial charge in [0.2, 0.25) is 11.5 Å². The molecule has 49 heavy (non-hydrogen) atoms. The van der Waals surface area contributed by atoms with E-state index in [9.17, 15) is 27.6 Å². The first-order chi connectivity index (χ1) is 23.4. The number of alkyl halides is 4. The quantitative estimate of drug-likeness (QED) is 0.187. The highest BCUT2D eigenvalue weighted by molar-refractivity contribution is 9.09. The number of carbonyl (C=O) groups excluding carboxylic acids is 3. The van der Waals surface area contributed by atoms with E-state index in [1.165, 1.54) is 43.3 Å². The number of amides is 2. The van der Waals surface area contributed by atoms with Gasteiger partial charge in [0, 0.05) is 60.8 Å². The minimum absolute atomic E-state index is 0.0155. The first kappa shape index (κ1) is 34.2. The Labute approximate surface area is 285 Å². The van der Waals surface area contributed by atoms with E-state index in [1.54, 1.807) is 6.07 Å². The van der Waals surface area contributed by atoms with Crippen LogP contribution in [0.5, 0.6) is 23.0 Å². The van der Waals surface area contributed by atoms with Crippen LogP contribution in [0.3, 0.4) is 0 Å². The van der Waals surface area contributed by atoms with Gasteiger partial charge in [-0.05, 0) is 24.7 Å². The van der Waals surface area contributed by atoms with E-state index in [1.807, 2.05) is 11.9 Å². The minimum atomic E-state index is -5.01. The molecule has 0 bridgehead atoms. The lowest BCUT2D eigenvalue weighted by molar-refractivity contribution is -0.141. The Bertz CT molecular complexity index is 1970. The molecule has 2 aliphatic heterocycles. The molecule has 2 amide bonds. The number of hydrogen-bond donors (Lipinski definition) is 1. The first-order valence-electron chi connectivity index (χ1n) is 15.0. The Morgan fingerprint density at radius 1 is 0.980 bits per heavy atom. The van der Waals surface area contributed by atoms with Crippen molar-refractivity contribution in [2.24, 2.45) is 0 Å². The molecule has 2 aromatic carbocycles. The summed E-state index contributed by atoms with van der Waals surface area (Å²) in [5, 5.41) is 0.493. The van der Waals surface area contributed by atoms with Gasteiger partial charge in [0.05, 0.1) is 45.2 Å². The van der Waals surface area contributed by atoms with E-state index in [0.717, 1.165) is 7.11 Å². The molecule has 2 aromatic heterocycles. The maximum absolute atomic E-state index is 14.5. The van der Waals surface area contributed by atoms with E-state index in [0.29, 0.717) is 37.3 Å². The molecule has 2 aliphatic rings. The number of carbonyl (C=O) groups is 3. The Hall–Kier alpha value is -4.64. The van der Waals surface area contributed by atoms with Gasteiger partial charge in [0.25, 0.3) is 5.91 Å². The van der Waals surface area contributed by atoms with Crippen molar-refractivity contribution in [3.05, 3.63) is 40.8 Å². The molecule has 0 saturated carbocycles. The number of esters is 1. The molecule has 0 radical (unpaired) electrons. The fourth-order valence-corrected chi connectivity index (χ4v) is 6.88. The fourth-order valence-electron chi connectivity index (χ4n) is 6.35. The summed E-state index contributed by atoms with van der Waals surface area (Å²) < 4.78 is 76.3. The SMILES string of the molecule is COC(=O)c1c(C(F)(F)F)[nH]c2c(OC(=O)N3CCN(C)CC3)cc3c(c12)[C@H](CBr)CN3C(=O)c1cc2cc(OC)c(OC)c(OC)c2o1. The monoisotopic (exact) mass is 752 g/mol. The number of benzene rings is 2. The van der Waals surface area contributed by atoms with Crippen molar-refractivity contribution in [3.63, 3.8) is 0 Å². The van der Waals surface area contributed by atoms with Gasteiger partial charge in [-0.2, -0.15) is 13.2 Å². The number of hydrogen-bond acceptors (Lipinski definition) is 10. The van der Waals surface area contributed by atoms with Crippen LogP contribution in [0, 0.1) is 0 Å². The van der Waals surface area contributed by atoms with Crippen molar-refractivity contribution in [3.8, 4) is 23.0 Å². The molecule has 262 valence electrons. The van der Waals surface area contributed by atoms with Gasteiger partial charge < -0.3 is 47.8 Å². The van der Waals surface area contributed by atoms with E-state index in [4.69, 9.17) is 28.1 Å². The number of fused-ring (bicyclic) bond motifs is 4. The van der Waals surface area contributed by atoms with Crippen molar-refractivity contribution in [1.29, 1.82) is 0 Å². The summed E-state index contributed by atoms with van der Waals surface area (Å²) in [6.45, 7) is 1.78. The predicted molar refractivity (Wildman–Crippen MR) is 174 cm³/mol. The summed E-state index contributed by atoms with van der Waals surface area (Å²) in [6, 6.07) is 4.42. The van der Waals surface area contributed by atoms with Crippen LogP contribution in [0.15, 0.2) is 22.6 Å². The van der Waals surface area contributed by atoms with Crippen molar-refractivity contribution >= 4 is 61.5 Å². The molecular weight excluding hydrogens is 721 g/mol. The lowest BCUT2D eigenvalue weighted by atomic mass is 9.95. The molecule has 17 heteroatoms. The normalized spacial score (nSPS) is 16.6. The van der Waals surface area contributed by atoms with Crippen LogP contribution in [0.2, 0.25) is 0 Å². The van der Waals surface area contributed by atoms with Gasteiger partial charge >= 0.3 is 18.2 Å². The standard InChI is InChI=1S/C32H32BrF3N4O9/c1-38-6-8-39(9-7-38)31(43)49-18-12-17-21(22-23(30(42)47-5)28(32(34,35)36)37-24(18)22)16(13-33)14-40(17)29(41)20-11-15-10-19(44-2)26(45-3)27(46-4)25(15)48-20/h10-12,16,37H,6-9,13-14H2,1-5H3/t16-/m1/s1. The number of likely N-dealkylation sites (N-methyl/N-ethyl adjacent to an activating group) is 1. The molecule has 4 heterocycles. The summed E-state index contributed by atoms with van der Waals surface area (Å²) in [7, 11) is 7.14. The van der Waals surface area contributed by atoms with Gasteiger partial charge in [-0.3, -0.25) is 4.79 Å². The summed E-state index contributed by atoms with van der Waals surface area (Å²) >= 11 is 3.43. The lowest BCUT2D eigenvalue weighted by Crippen LogP contribution is -2.48. The third-order valence-corrected chi connectivity index (χ3v) is 9.53. The van der Waals surface area contributed by atoms with Gasteiger partial charge in [-0.25, -0.2) is 9.59 Å². The third kappa shape index (κ3) is 5.77. The maximum atomic E-state index is 14.5. The minimum Gasteiger partial charge on any atom is -0.493 e. The second-order valence-electron chi connectivity index (χ2n) is 11.5. The van der Waals surface area contributed by atoms with Gasteiger partial charge in [0.15, 0.2) is 22.8 Å². The first-order valence-corrected chi connectivity index (χ1v) is 16.1. The molecule has 0 aliphatic carbocycles. The van der Waals surface area contributed by atoms with Crippen LogP contribution in [-0.2, 0) is 10.9 Å². The van der Waals surface area contributed by atoms with Gasteiger partial charge in [-0.15, -0.1) is 0 Å². The van der Waals surface area contributed by atoms with Gasteiger partial charge in [0.1, 0.15) is 5.69 Å². The van der Waals surface area contributed by atoms with Crippen molar-refractivity contribution in [2.45, 2.75) is 12.1 Å². The van der Waals surface area contributed by atoms with Crippen molar-refractivity contribution < 1.29 is 55.7 Å². The lowest BCUT2D eigenvalue weighted by Gasteiger charge is -2.31. The summed E-state index contributed by atoms with van der Waals surface area (Å²) in [5.41, 5.74) is -1.81. The van der Waals surface area contributed by atoms with Gasteiger partial charge in [-0.1, -0.05) is 15.9 Å². The third-order valence-electron chi connectivity index (χ3n) is 8.75. The Balaban J connectivity index is 1.54. The number of aromatic nitrogens is 1. The average molecular weight is 754 g/mol. The van der Waals surface area contributed by atoms with Crippen LogP contribution in [-0.4, -0.2) is 106 Å². The molecule has 4 aromatic rings. The van der Waals surface area contributed by atoms with Crippen molar-refractivity contribution in [1.82, 2.24) is 14.8 Å². The molecule has 1 fully saturated rings. The van der Waals surface area contributed by atoms with E-state index >= 15 is 0 Å². The van der Waals surface area contributed by atoms with Crippen LogP contribution < -0.4 is 23.8 Å². The average Bonchev–Trinajstić information content (AvgIpc) is 3.80. The molecule has 1 N–H and O–H groups in total. The number of ether oxygens (including phenoxy) is 5. The maximum Gasteiger partial charge on any atom is 0.432 e. The number of halogens is 4.